The molecule has 51 heavy (non-hydrogen) atoms. The van der Waals surface area contributed by atoms with E-state index in [0.29, 0.717) is 38.9 Å². The van der Waals surface area contributed by atoms with Gasteiger partial charge in [0.15, 0.2) is 0 Å². The molecule has 0 atom stereocenters. The van der Waals surface area contributed by atoms with Crippen LogP contribution < -0.4 is 0 Å². The van der Waals surface area contributed by atoms with Crippen LogP contribution in [0.15, 0.2) is 188 Å². The Labute approximate surface area is 309 Å². The molecule has 0 N–H and O–H groups in total. The lowest BCUT2D eigenvalue weighted by Crippen LogP contribution is -2.00. The molecule has 11 rings (SSSR count). The molecular weight excluding hydrogens is 619 g/mol. The summed E-state index contributed by atoms with van der Waals surface area (Å²) in [4.78, 5) is 0. The van der Waals surface area contributed by atoms with Crippen LogP contribution in [0.3, 0.4) is 0 Å². The second-order valence-electron chi connectivity index (χ2n) is 12.5. The van der Waals surface area contributed by atoms with E-state index in [1.165, 1.54) is 4.57 Å². The second-order valence-corrected chi connectivity index (χ2v) is 12.5. The van der Waals surface area contributed by atoms with E-state index in [1.54, 1.807) is 12.1 Å². The highest BCUT2D eigenvalue weighted by molar-refractivity contribution is 6.13. The molecule has 0 saturated carbocycles. The molecule has 11 aromatic rings. The fourth-order valence-electron chi connectivity index (χ4n) is 7.60. The van der Waals surface area contributed by atoms with Crippen molar-refractivity contribution >= 4 is 65.4 Å². The van der Waals surface area contributed by atoms with Crippen molar-refractivity contribution < 1.29 is 15.1 Å². The van der Waals surface area contributed by atoms with Gasteiger partial charge >= 0.3 is 0 Å². The van der Waals surface area contributed by atoms with Crippen LogP contribution in [0.25, 0.3) is 93.6 Å². The SMILES string of the molecule is [2H]c1c(-c2ccccc2)c([2H])c(-n2c3ccccc3c3cc(-n4c5c([2H])c([2H])c([2H])c([2H])c5c5c([2H])c([2H])c([2H])c([2H])c54)ccc32)c([2H])c1-n1c2ccccc2c2ccccc21. The standard InChI is InChI=1S/C48H31N3/c1-2-14-32(15-3-1)33-28-35(50-45-23-11-6-18-39(45)40-19-7-12-24-46(40)50)30-36(29-33)51-47-25-13-8-20-41(47)42-31-34(26-27-48(42)51)49-43-21-9-4-16-37(43)38-17-5-10-22-44(38)49/h1-31H/i4D,5D,9D,10D,16D,17D,21D,22D,28D,29D,30D. The third kappa shape index (κ3) is 4.12. The molecule has 0 fully saturated rings. The van der Waals surface area contributed by atoms with Gasteiger partial charge in [0.2, 0.25) is 0 Å². The van der Waals surface area contributed by atoms with E-state index in [9.17, 15) is 4.11 Å². The summed E-state index contributed by atoms with van der Waals surface area (Å²) in [6.45, 7) is 0. The highest BCUT2D eigenvalue weighted by Crippen LogP contribution is 2.39. The van der Waals surface area contributed by atoms with Gasteiger partial charge in [-0.05, 0) is 77.7 Å². The first-order valence-electron chi connectivity index (χ1n) is 22.1. The summed E-state index contributed by atoms with van der Waals surface area (Å²) in [5.74, 6) is 0. The van der Waals surface area contributed by atoms with Crippen molar-refractivity contribution in [2.75, 3.05) is 0 Å². The van der Waals surface area contributed by atoms with Crippen molar-refractivity contribution in [3.05, 3.63) is 188 Å². The van der Waals surface area contributed by atoms with Gasteiger partial charge in [-0.3, -0.25) is 0 Å². The monoisotopic (exact) mass is 660 g/mol. The largest absolute Gasteiger partial charge is 0.309 e. The average Bonchev–Trinajstić information content (AvgIpc) is 3.93. The Morgan fingerprint density at radius 2 is 0.765 bits per heavy atom. The van der Waals surface area contributed by atoms with Crippen LogP contribution in [-0.2, 0) is 0 Å². The summed E-state index contributed by atoms with van der Waals surface area (Å²) in [6.07, 6.45) is 0. The van der Waals surface area contributed by atoms with Gasteiger partial charge in [-0.25, -0.2) is 0 Å². The van der Waals surface area contributed by atoms with E-state index in [-0.39, 0.29) is 45.6 Å². The first-order chi connectivity index (χ1) is 29.9. The molecule has 8 aromatic carbocycles. The van der Waals surface area contributed by atoms with Crippen molar-refractivity contribution in [2.45, 2.75) is 0 Å². The van der Waals surface area contributed by atoms with Crippen molar-refractivity contribution in [3.63, 3.8) is 0 Å². The molecule has 0 bridgehead atoms. The zero-order valence-electron chi connectivity index (χ0n) is 37.9. The van der Waals surface area contributed by atoms with Crippen LogP contribution in [0.5, 0.6) is 0 Å². The molecule has 0 aliphatic heterocycles. The highest BCUT2D eigenvalue weighted by Gasteiger charge is 2.19. The summed E-state index contributed by atoms with van der Waals surface area (Å²) in [5, 5.41) is 3.29. The predicted octanol–water partition coefficient (Wildman–Crippen LogP) is 12.6. The second kappa shape index (κ2) is 10.8. The number of aromatic nitrogens is 3. The average molecular weight is 661 g/mol. The Balaban J connectivity index is 1.28. The molecular formula is C48H31N3. The Bertz CT molecular complexity index is 3640. The van der Waals surface area contributed by atoms with E-state index >= 15 is 0 Å². The Kier molecular flexibility index (Phi) is 4.11. The minimum Gasteiger partial charge on any atom is -0.309 e. The highest BCUT2D eigenvalue weighted by atomic mass is 15.0. The van der Waals surface area contributed by atoms with Crippen LogP contribution in [0.2, 0.25) is 0 Å². The molecule has 0 saturated heterocycles. The van der Waals surface area contributed by atoms with Crippen molar-refractivity contribution in [1.29, 1.82) is 0 Å². The summed E-state index contributed by atoms with van der Waals surface area (Å²) < 4.78 is 105. The van der Waals surface area contributed by atoms with E-state index in [2.05, 4.69) is 0 Å². The molecule has 0 aliphatic carbocycles. The van der Waals surface area contributed by atoms with E-state index < -0.39 is 48.3 Å². The van der Waals surface area contributed by atoms with Gasteiger partial charge in [0.1, 0.15) is 0 Å². The van der Waals surface area contributed by atoms with E-state index in [0.717, 1.165) is 27.2 Å². The van der Waals surface area contributed by atoms with Crippen LogP contribution in [0, 0.1) is 0 Å². The molecule has 0 aliphatic rings. The van der Waals surface area contributed by atoms with Gasteiger partial charge in [0.25, 0.3) is 0 Å². The van der Waals surface area contributed by atoms with E-state index in [1.807, 2.05) is 118 Å². The van der Waals surface area contributed by atoms with Crippen LogP contribution >= 0.6 is 0 Å². The van der Waals surface area contributed by atoms with Gasteiger partial charge < -0.3 is 13.7 Å². The maximum atomic E-state index is 10.1. The molecule has 3 aromatic heterocycles. The predicted molar refractivity (Wildman–Crippen MR) is 215 cm³/mol. The Hall–Kier alpha value is -6.84. The summed E-state index contributed by atoms with van der Waals surface area (Å²) >= 11 is 0. The minimum atomic E-state index is -0.515. The smallest absolute Gasteiger partial charge is 0.0667 e. The summed E-state index contributed by atoms with van der Waals surface area (Å²) in [6, 6.07) is 34.3. The van der Waals surface area contributed by atoms with Gasteiger partial charge in [-0.2, -0.15) is 0 Å². The summed E-state index contributed by atoms with van der Waals surface area (Å²) in [7, 11) is 0. The number of hydrogen-bond acceptors (Lipinski definition) is 0. The number of hydrogen-bond donors (Lipinski definition) is 0. The van der Waals surface area contributed by atoms with Gasteiger partial charge in [-0.1, -0.05) is 121 Å². The molecule has 3 nitrogen and oxygen atoms in total. The first kappa shape index (κ1) is 19.4. The Morgan fingerprint density at radius 1 is 0.314 bits per heavy atom. The lowest BCUT2D eigenvalue weighted by Gasteiger charge is -2.16. The molecule has 3 heteroatoms. The first-order valence-corrected chi connectivity index (χ1v) is 16.6. The molecule has 0 amide bonds. The number of benzene rings is 8. The third-order valence-corrected chi connectivity index (χ3v) is 9.76. The number of nitrogens with zero attached hydrogens (tertiary/aromatic N) is 3. The molecule has 3 heterocycles. The normalized spacial score (nSPS) is 14.9. The third-order valence-electron chi connectivity index (χ3n) is 9.76. The molecule has 0 spiro atoms. The van der Waals surface area contributed by atoms with Crippen molar-refractivity contribution in [2.24, 2.45) is 0 Å². The molecule has 0 unspecified atom stereocenters. The minimum absolute atomic E-state index is 0.0114. The lowest BCUT2D eigenvalue weighted by atomic mass is 10.0. The zero-order valence-corrected chi connectivity index (χ0v) is 26.9. The zero-order chi connectivity index (χ0) is 43.0. The topological polar surface area (TPSA) is 14.8 Å². The van der Waals surface area contributed by atoms with Crippen LogP contribution in [0.4, 0.5) is 0 Å². The number of para-hydroxylation sites is 5. The van der Waals surface area contributed by atoms with Crippen LogP contribution in [0.1, 0.15) is 15.1 Å². The number of rotatable bonds is 4. The fourth-order valence-corrected chi connectivity index (χ4v) is 7.60. The van der Waals surface area contributed by atoms with Gasteiger partial charge in [0.05, 0.1) is 48.2 Å². The maximum absolute atomic E-state index is 10.1. The van der Waals surface area contributed by atoms with E-state index in [4.69, 9.17) is 11.0 Å². The molecule has 0 radical (unpaired) electrons. The maximum Gasteiger partial charge on any atom is 0.0667 e. The Morgan fingerprint density at radius 3 is 1.33 bits per heavy atom. The number of fused-ring (bicyclic) bond motifs is 9. The van der Waals surface area contributed by atoms with Gasteiger partial charge in [0, 0.05) is 49.4 Å². The summed E-state index contributed by atoms with van der Waals surface area (Å²) in [5.41, 5.74) is 4.85. The van der Waals surface area contributed by atoms with Gasteiger partial charge in [-0.15, -0.1) is 0 Å². The quantitative estimate of drug-likeness (QED) is 0.178. The lowest BCUT2D eigenvalue weighted by molar-refractivity contribution is 1.13. The van der Waals surface area contributed by atoms with Crippen molar-refractivity contribution in [1.82, 2.24) is 13.7 Å². The van der Waals surface area contributed by atoms with Crippen LogP contribution in [-0.4, -0.2) is 13.7 Å². The molecule has 238 valence electrons. The van der Waals surface area contributed by atoms with Crippen molar-refractivity contribution in [3.8, 4) is 28.2 Å². The fraction of sp³-hybridized carbons (Fsp3) is 0.